The van der Waals surface area contributed by atoms with Crippen LogP contribution in [0, 0.1) is 5.41 Å². The average Bonchev–Trinajstić information content (AvgIpc) is 2.48. The number of aliphatic hydroxyl groups is 1. The molecule has 2 fully saturated rings. The normalized spacial score (nSPS) is 29.1. The lowest BCUT2D eigenvalue weighted by Crippen LogP contribution is -2.38. The number of nitrogens with two attached hydrogens (primary N) is 1. The van der Waals surface area contributed by atoms with Gasteiger partial charge in [0.1, 0.15) is 0 Å². The molecule has 1 saturated heterocycles. The van der Waals surface area contributed by atoms with E-state index in [1.807, 2.05) is 0 Å². The van der Waals surface area contributed by atoms with Crippen molar-refractivity contribution in [3.05, 3.63) is 0 Å². The van der Waals surface area contributed by atoms with Crippen LogP contribution in [-0.2, 0) is 0 Å². The Labute approximate surface area is 79.9 Å². The summed E-state index contributed by atoms with van der Waals surface area (Å²) >= 11 is 0. The van der Waals surface area contributed by atoms with Crippen LogP contribution in [0.1, 0.15) is 25.7 Å². The summed E-state index contributed by atoms with van der Waals surface area (Å²) in [6.45, 7) is 3.53. The van der Waals surface area contributed by atoms with Crippen LogP contribution >= 0.6 is 0 Å². The van der Waals surface area contributed by atoms with Crippen molar-refractivity contribution < 1.29 is 5.11 Å². The molecular formula is C10H20N2O. The predicted octanol–water partition coefficient (Wildman–Crippen LogP) is 0.182. The van der Waals surface area contributed by atoms with Crippen molar-refractivity contribution >= 4 is 0 Å². The molecule has 0 aromatic rings. The summed E-state index contributed by atoms with van der Waals surface area (Å²) in [5.74, 6) is 0. The van der Waals surface area contributed by atoms with E-state index in [0.29, 0.717) is 12.0 Å². The molecule has 0 aromatic heterocycles. The number of nitrogens with zero attached hydrogens (tertiary/aromatic N) is 1. The Kier molecular flexibility index (Phi) is 2.58. The lowest BCUT2D eigenvalue weighted by molar-refractivity contribution is 0.102. The maximum atomic E-state index is 9.41. The van der Waals surface area contributed by atoms with Gasteiger partial charge in [0.15, 0.2) is 0 Å². The highest BCUT2D eigenvalue weighted by atomic mass is 16.3. The summed E-state index contributed by atoms with van der Waals surface area (Å²) in [5.41, 5.74) is 6.03. The maximum Gasteiger partial charge on any atom is 0.0789 e. The molecule has 0 amide bonds. The quantitative estimate of drug-likeness (QED) is 0.658. The second kappa shape index (κ2) is 3.56. The molecule has 0 radical (unpaired) electrons. The summed E-state index contributed by atoms with van der Waals surface area (Å²) in [5, 5.41) is 9.41. The summed E-state index contributed by atoms with van der Waals surface area (Å²) in [4.78, 5) is 2.37. The molecule has 2 rings (SSSR count). The van der Waals surface area contributed by atoms with E-state index in [0.717, 1.165) is 13.1 Å². The number of hydrogen-bond donors (Lipinski definition) is 2. The van der Waals surface area contributed by atoms with Gasteiger partial charge < -0.3 is 15.7 Å². The first-order valence-electron chi connectivity index (χ1n) is 5.35. The molecule has 1 atom stereocenters. The van der Waals surface area contributed by atoms with Gasteiger partial charge in [-0.15, -0.1) is 0 Å². The lowest BCUT2D eigenvalue weighted by atomic mass is 9.68. The van der Waals surface area contributed by atoms with Crippen molar-refractivity contribution in [2.75, 3.05) is 26.2 Å². The Bertz CT molecular complexity index is 180. The monoisotopic (exact) mass is 184 g/mol. The van der Waals surface area contributed by atoms with E-state index in [9.17, 15) is 5.11 Å². The smallest absolute Gasteiger partial charge is 0.0789 e. The van der Waals surface area contributed by atoms with Crippen LogP contribution in [0.5, 0.6) is 0 Å². The van der Waals surface area contributed by atoms with Gasteiger partial charge in [0.2, 0.25) is 0 Å². The average molecular weight is 184 g/mol. The Morgan fingerprint density at radius 1 is 1.38 bits per heavy atom. The summed E-state index contributed by atoms with van der Waals surface area (Å²) in [6.07, 6.45) is 5.23. The van der Waals surface area contributed by atoms with Crippen LogP contribution in [0.25, 0.3) is 0 Å². The van der Waals surface area contributed by atoms with Crippen LogP contribution < -0.4 is 5.73 Å². The van der Waals surface area contributed by atoms with Crippen LogP contribution in [0.3, 0.4) is 0 Å². The Hall–Kier alpha value is -0.120. The first-order chi connectivity index (χ1) is 6.24. The van der Waals surface area contributed by atoms with Gasteiger partial charge in [-0.25, -0.2) is 0 Å². The molecule has 1 saturated carbocycles. The zero-order valence-corrected chi connectivity index (χ0v) is 8.21. The fraction of sp³-hybridized carbons (Fsp3) is 1.00. The number of likely N-dealkylation sites (tertiary alicyclic amines) is 1. The highest BCUT2D eigenvalue weighted by Gasteiger charge is 2.42. The molecule has 3 heteroatoms. The number of β-amino-alcohol motifs (C(OH)–C–C–N with tert-alkyl or cyclic N) is 1. The molecule has 0 aromatic carbocycles. The zero-order chi connectivity index (χ0) is 9.31. The summed E-state index contributed by atoms with van der Waals surface area (Å²) < 4.78 is 0. The van der Waals surface area contributed by atoms with Gasteiger partial charge in [-0.1, -0.05) is 6.42 Å². The van der Waals surface area contributed by atoms with E-state index >= 15 is 0 Å². The third-order valence-electron chi connectivity index (χ3n) is 3.67. The van der Waals surface area contributed by atoms with Crippen molar-refractivity contribution in [3.63, 3.8) is 0 Å². The Balaban J connectivity index is 1.78. The van der Waals surface area contributed by atoms with E-state index in [1.165, 1.54) is 32.2 Å². The maximum absolute atomic E-state index is 9.41. The van der Waals surface area contributed by atoms with Crippen molar-refractivity contribution in [2.24, 2.45) is 11.1 Å². The molecule has 2 aliphatic rings. The van der Waals surface area contributed by atoms with Crippen molar-refractivity contribution in [3.8, 4) is 0 Å². The molecule has 1 unspecified atom stereocenters. The van der Waals surface area contributed by atoms with Gasteiger partial charge in [0, 0.05) is 19.6 Å². The predicted molar refractivity (Wildman–Crippen MR) is 52.4 cm³/mol. The van der Waals surface area contributed by atoms with Crippen LogP contribution in [0.15, 0.2) is 0 Å². The molecule has 1 aliphatic carbocycles. The first-order valence-corrected chi connectivity index (χ1v) is 5.35. The largest absolute Gasteiger partial charge is 0.390 e. The van der Waals surface area contributed by atoms with E-state index in [-0.39, 0.29) is 6.10 Å². The van der Waals surface area contributed by atoms with Gasteiger partial charge in [-0.2, -0.15) is 0 Å². The topological polar surface area (TPSA) is 49.5 Å². The SMILES string of the molecule is NCC(O)CN1CCC2(CCC2)C1. The van der Waals surface area contributed by atoms with Gasteiger partial charge in [0.25, 0.3) is 0 Å². The van der Waals surface area contributed by atoms with Crippen LogP contribution in [-0.4, -0.2) is 42.3 Å². The second-order valence-electron chi connectivity index (χ2n) is 4.73. The van der Waals surface area contributed by atoms with E-state index < -0.39 is 0 Å². The minimum Gasteiger partial charge on any atom is -0.390 e. The Morgan fingerprint density at radius 2 is 2.15 bits per heavy atom. The molecular weight excluding hydrogens is 164 g/mol. The number of rotatable bonds is 3. The third kappa shape index (κ3) is 1.87. The minimum atomic E-state index is -0.324. The fourth-order valence-electron chi connectivity index (χ4n) is 2.64. The third-order valence-corrected chi connectivity index (χ3v) is 3.67. The first kappa shape index (κ1) is 9.44. The van der Waals surface area contributed by atoms with E-state index in [1.54, 1.807) is 0 Å². The minimum absolute atomic E-state index is 0.324. The molecule has 1 aliphatic heterocycles. The standard InChI is InChI=1S/C10H20N2O/c11-6-9(13)7-12-5-4-10(8-12)2-1-3-10/h9,13H,1-8,11H2. The molecule has 13 heavy (non-hydrogen) atoms. The second-order valence-corrected chi connectivity index (χ2v) is 4.73. The van der Waals surface area contributed by atoms with E-state index in [4.69, 9.17) is 5.73 Å². The van der Waals surface area contributed by atoms with Gasteiger partial charge in [-0.3, -0.25) is 0 Å². The van der Waals surface area contributed by atoms with Crippen molar-refractivity contribution in [1.82, 2.24) is 4.90 Å². The van der Waals surface area contributed by atoms with E-state index in [2.05, 4.69) is 4.90 Å². The molecule has 76 valence electrons. The lowest BCUT2D eigenvalue weighted by Gasteiger charge is -2.38. The molecule has 1 spiro atoms. The number of hydrogen-bond acceptors (Lipinski definition) is 3. The summed E-state index contributed by atoms with van der Waals surface area (Å²) in [7, 11) is 0. The van der Waals surface area contributed by atoms with Crippen molar-refractivity contribution in [2.45, 2.75) is 31.8 Å². The molecule has 1 heterocycles. The molecule has 0 bridgehead atoms. The number of aliphatic hydroxyl groups excluding tert-OH is 1. The van der Waals surface area contributed by atoms with Crippen molar-refractivity contribution in [1.29, 1.82) is 0 Å². The summed E-state index contributed by atoms with van der Waals surface area (Å²) in [6, 6.07) is 0. The van der Waals surface area contributed by atoms with Gasteiger partial charge in [0.05, 0.1) is 6.10 Å². The molecule has 3 nitrogen and oxygen atoms in total. The highest BCUT2D eigenvalue weighted by molar-refractivity contribution is 4.95. The molecule has 3 N–H and O–H groups in total. The van der Waals surface area contributed by atoms with Crippen LogP contribution in [0.2, 0.25) is 0 Å². The van der Waals surface area contributed by atoms with Gasteiger partial charge >= 0.3 is 0 Å². The van der Waals surface area contributed by atoms with Crippen LogP contribution in [0.4, 0.5) is 0 Å². The Morgan fingerprint density at radius 3 is 2.62 bits per heavy atom. The van der Waals surface area contributed by atoms with Gasteiger partial charge in [-0.05, 0) is 31.2 Å². The highest BCUT2D eigenvalue weighted by Crippen LogP contribution is 2.47. The fourth-order valence-corrected chi connectivity index (χ4v) is 2.64. The zero-order valence-electron chi connectivity index (χ0n) is 8.21.